The summed E-state index contributed by atoms with van der Waals surface area (Å²) in [6.45, 7) is 3.05. The molecule has 1 aromatic carbocycles. The zero-order valence-electron chi connectivity index (χ0n) is 15.5. The number of nitrogens with zero attached hydrogens (tertiary/aromatic N) is 2. The SMILES string of the molecule is Cl.Cl.O=C(NC(Cc1cccnc1)C(=O)N1CCCNCC1)c1ccccc1. The van der Waals surface area contributed by atoms with Gasteiger partial charge in [-0.15, -0.1) is 24.8 Å². The molecule has 1 unspecified atom stereocenters. The molecule has 152 valence electrons. The Balaban J connectivity index is 0.00000196. The minimum atomic E-state index is -0.606. The van der Waals surface area contributed by atoms with Crippen LogP contribution in [-0.4, -0.2) is 53.9 Å². The van der Waals surface area contributed by atoms with Gasteiger partial charge in [-0.1, -0.05) is 24.3 Å². The number of nitrogens with one attached hydrogen (secondary N) is 2. The van der Waals surface area contributed by atoms with Crippen LogP contribution in [0, 0.1) is 0 Å². The highest BCUT2D eigenvalue weighted by Gasteiger charge is 2.27. The van der Waals surface area contributed by atoms with Gasteiger partial charge in [-0.05, 0) is 36.7 Å². The second-order valence-corrected chi connectivity index (χ2v) is 6.39. The largest absolute Gasteiger partial charge is 0.340 e. The number of carbonyl (C=O) groups is 2. The first-order valence-corrected chi connectivity index (χ1v) is 8.98. The maximum Gasteiger partial charge on any atom is 0.251 e. The summed E-state index contributed by atoms with van der Waals surface area (Å²) >= 11 is 0. The maximum absolute atomic E-state index is 13.1. The van der Waals surface area contributed by atoms with Crippen LogP contribution < -0.4 is 10.6 Å². The number of pyridine rings is 1. The third-order valence-electron chi connectivity index (χ3n) is 4.45. The van der Waals surface area contributed by atoms with Crippen LogP contribution in [0.25, 0.3) is 0 Å². The van der Waals surface area contributed by atoms with Gasteiger partial charge < -0.3 is 15.5 Å². The van der Waals surface area contributed by atoms with E-state index in [0.717, 1.165) is 25.1 Å². The van der Waals surface area contributed by atoms with Gasteiger partial charge in [-0.3, -0.25) is 14.6 Å². The Morgan fingerprint density at radius 2 is 1.86 bits per heavy atom. The Morgan fingerprint density at radius 3 is 2.57 bits per heavy atom. The molecule has 1 atom stereocenters. The van der Waals surface area contributed by atoms with Gasteiger partial charge >= 0.3 is 0 Å². The Kier molecular flexibility index (Phi) is 10.5. The number of halogens is 2. The van der Waals surface area contributed by atoms with E-state index in [-0.39, 0.29) is 36.6 Å². The van der Waals surface area contributed by atoms with Gasteiger partial charge in [0.1, 0.15) is 6.04 Å². The van der Waals surface area contributed by atoms with Crippen molar-refractivity contribution in [2.24, 2.45) is 0 Å². The van der Waals surface area contributed by atoms with E-state index >= 15 is 0 Å². The number of rotatable bonds is 5. The molecule has 0 radical (unpaired) electrons. The molecule has 6 nitrogen and oxygen atoms in total. The van der Waals surface area contributed by atoms with Gasteiger partial charge in [-0.25, -0.2) is 0 Å². The average Bonchev–Trinajstić information content (AvgIpc) is 2.98. The van der Waals surface area contributed by atoms with Crippen molar-refractivity contribution in [3.8, 4) is 0 Å². The van der Waals surface area contributed by atoms with E-state index in [1.807, 2.05) is 35.2 Å². The number of aromatic nitrogens is 1. The molecule has 0 spiro atoms. The Labute approximate surface area is 177 Å². The summed E-state index contributed by atoms with van der Waals surface area (Å²) in [5.41, 5.74) is 1.47. The molecule has 1 fully saturated rings. The molecule has 8 heteroatoms. The van der Waals surface area contributed by atoms with E-state index in [4.69, 9.17) is 0 Å². The van der Waals surface area contributed by atoms with Crippen LogP contribution in [-0.2, 0) is 11.2 Å². The molecule has 2 N–H and O–H groups in total. The highest BCUT2D eigenvalue weighted by Crippen LogP contribution is 2.08. The Bertz CT molecular complexity index is 724. The first-order valence-electron chi connectivity index (χ1n) is 8.98. The first-order chi connectivity index (χ1) is 12.7. The molecule has 1 aliphatic rings. The minimum Gasteiger partial charge on any atom is -0.340 e. The van der Waals surface area contributed by atoms with E-state index in [0.29, 0.717) is 25.1 Å². The molecule has 1 aliphatic heterocycles. The molecule has 2 amide bonds. The fourth-order valence-electron chi connectivity index (χ4n) is 3.07. The van der Waals surface area contributed by atoms with Gasteiger partial charge in [0.05, 0.1) is 0 Å². The predicted molar refractivity (Wildman–Crippen MR) is 114 cm³/mol. The van der Waals surface area contributed by atoms with Gasteiger partial charge in [0.15, 0.2) is 0 Å². The van der Waals surface area contributed by atoms with E-state index in [1.165, 1.54) is 0 Å². The molecule has 2 aromatic rings. The van der Waals surface area contributed by atoms with Crippen molar-refractivity contribution in [2.75, 3.05) is 26.2 Å². The van der Waals surface area contributed by atoms with Crippen LogP contribution >= 0.6 is 24.8 Å². The molecule has 2 heterocycles. The van der Waals surface area contributed by atoms with Crippen LogP contribution in [0.1, 0.15) is 22.3 Å². The lowest BCUT2D eigenvalue weighted by Crippen LogP contribution is -2.50. The normalized spacial score (nSPS) is 14.6. The number of benzene rings is 1. The average molecular weight is 425 g/mol. The van der Waals surface area contributed by atoms with Crippen LogP contribution in [0.15, 0.2) is 54.9 Å². The lowest BCUT2D eigenvalue weighted by Gasteiger charge is -2.26. The molecular weight excluding hydrogens is 399 g/mol. The minimum absolute atomic E-state index is 0. The van der Waals surface area contributed by atoms with Crippen LogP contribution in [0.2, 0.25) is 0 Å². The van der Waals surface area contributed by atoms with Crippen molar-refractivity contribution in [2.45, 2.75) is 18.9 Å². The lowest BCUT2D eigenvalue weighted by atomic mass is 10.1. The first kappa shape index (κ1) is 23.9. The maximum atomic E-state index is 13.1. The van der Waals surface area contributed by atoms with Gasteiger partial charge in [0, 0.05) is 44.0 Å². The third kappa shape index (κ3) is 6.78. The van der Waals surface area contributed by atoms with E-state index in [2.05, 4.69) is 15.6 Å². The summed E-state index contributed by atoms with van der Waals surface area (Å²) in [6.07, 6.45) is 4.77. The van der Waals surface area contributed by atoms with Crippen molar-refractivity contribution in [1.82, 2.24) is 20.5 Å². The molecule has 28 heavy (non-hydrogen) atoms. The lowest BCUT2D eigenvalue weighted by molar-refractivity contribution is -0.133. The highest BCUT2D eigenvalue weighted by atomic mass is 35.5. The summed E-state index contributed by atoms with van der Waals surface area (Å²) in [6, 6.07) is 12.1. The van der Waals surface area contributed by atoms with Gasteiger partial charge in [0.25, 0.3) is 5.91 Å². The predicted octanol–water partition coefficient (Wildman–Crippen LogP) is 2.09. The number of carbonyl (C=O) groups excluding carboxylic acids is 2. The molecule has 1 aromatic heterocycles. The van der Waals surface area contributed by atoms with Crippen molar-refractivity contribution in [1.29, 1.82) is 0 Å². The summed E-state index contributed by atoms with van der Waals surface area (Å²) in [5, 5.41) is 6.22. The van der Waals surface area contributed by atoms with E-state index < -0.39 is 6.04 Å². The number of hydrogen-bond donors (Lipinski definition) is 2. The molecule has 0 aliphatic carbocycles. The molecule has 0 saturated carbocycles. The topological polar surface area (TPSA) is 74.3 Å². The summed E-state index contributed by atoms with van der Waals surface area (Å²) in [5.74, 6) is -0.275. The Morgan fingerprint density at radius 1 is 1.07 bits per heavy atom. The molecule has 3 rings (SSSR count). The standard InChI is InChI=1S/C20H24N4O2.2ClH/c25-19(17-7-2-1-3-8-17)23-18(14-16-6-4-9-22-15-16)20(26)24-12-5-10-21-11-13-24;;/h1-4,6-9,15,18,21H,5,10-14H2,(H,23,25);2*1H. The van der Waals surface area contributed by atoms with Crippen molar-refractivity contribution < 1.29 is 9.59 Å². The molecule has 0 bridgehead atoms. The van der Waals surface area contributed by atoms with Crippen LogP contribution in [0.4, 0.5) is 0 Å². The summed E-state index contributed by atoms with van der Waals surface area (Å²) in [7, 11) is 0. The second-order valence-electron chi connectivity index (χ2n) is 6.39. The molecule has 1 saturated heterocycles. The van der Waals surface area contributed by atoms with Crippen molar-refractivity contribution >= 4 is 36.6 Å². The van der Waals surface area contributed by atoms with E-state index in [9.17, 15) is 9.59 Å². The highest BCUT2D eigenvalue weighted by molar-refractivity contribution is 5.97. The Hall–Kier alpha value is -2.15. The van der Waals surface area contributed by atoms with Crippen molar-refractivity contribution in [3.05, 3.63) is 66.0 Å². The van der Waals surface area contributed by atoms with Crippen LogP contribution in [0.3, 0.4) is 0 Å². The van der Waals surface area contributed by atoms with E-state index in [1.54, 1.807) is 24.5 Å². The summed E-state index contributed by atoms with van der Waals surface area (Å²) in [4.78, 5) is 31.6. The quantitative estimate of drug-likeness (QED) is 0.770. The van der Waals surface area contributed by atoms with Crippen LogP contribution in [0.5, 0.6) is 0 Å². The fraction of sp³-hybridized carbons (Fsp3) is 0.350. The zero-order chi connectivity index (χ0) is 18.2. The third-order valence-corrected chi connectivity index (χ3v) is 4.45. The fourth-order valence-corrected chi connectivity index (χ4v) is 3.07. The van der Waals surface area contributed by atoms with Gasteiger partial charge in [-0.2, -0.15) is 0 Å². The number of hydrogen-bond acceptors (Lipinski definition) is 4. The zero-order valence-corrected chi connectivity index (χ0v) is 17.2. The van der Waals surface area contributed by atoms with Gasteiger partial charge in [0.2, 0.25) is 5.91 Å². The number of amides is 2. The monoisotopic (exact) mass is 424 g/mol. The van der Waals surface area contributed by atoms with Crippen molar-refractivity contribution in [3.63, 3.8) is 0 Å². The summed E-state index contributed by atoms with van der Waals surface area (Å²) < 4.78 is 0. The molecular formula is C20H26Cl2N4O2. The second kappa shape index (κ2) is 12.3. The smallest absolute Gasteiger partial charge is 0.251 e.